The van der Waals surface area contributed by atoms with Crippen molar-refractivity contribution >= 4 is 11.9 Å². The maximum absolute atomic E-state index is 12.4. The van der Waals surface area contributed by atoms with Crippen molar-refractivity contribution < 1.29 is 19.4 Å². The Morgan fingerprint density at radius 3 is 2.70 bits per heavy atom. The second-order valence-corrected chi connectivity index (χ2v) is 5.46. The molecule has 1 aliphatic carbocycles. The normalized spacial score (nSPS) is 22.9. The largest absolute Gasteiger partial charge is 0.493 e. The molecule has 2 N–H and O–H groups in total. The second-order valence-electron chi connectivity index (χ2n) is 5.46. The van der Waals surface area contributed by atoms with E-state index >= 15 is 0 Å². The third-order valence-corrected chi connectivity index (χ3v) is 4.25. The number of carbonyl (C=O) groups excluding carboxylic acids is 1. The summed E-state index contributed by atoms with van der Waals surface area (Å²) in [7, 11) is 0. The number of nitrogens with one attached hydrogen (secondary N) is 1. The van der Waals surface area contributed by atoms with E-state index < -0.39 is 11.5 Å². The van der Waals surface area contributed by atoms with Gasteiger partial charge in [0.25, 0.3) is 0 Å². The van der Waals surface area contributed by atoms with Crippen LogP contribution in [0.4, 0.5) is 0 Å². The van der Waals surface area contributed by atoms with Gasteiger partial charge in [-0.1, -0.05) is 18.2 Å². The third-order valence-electron chi connectivity index (χ3n) is 4.25. The summed E-state index contributed by atoms with van der Waals surface area (Å²) < 4.78 is 5.53. The smallest absolute Gasteiger partial charge is 0.329 e. The van der Waals surface area contributed by atoms with Crippen molar-refractivity contribution in [3.63, 3.8) is 0 Å². The van der Waals surface area contributed by atoms with E-state index in [4.69, 9.17) is 4.74 Å². The van der Waals surface area contributed by atoms with Gasteiger partial charge in [-0.15, -0.1) is 0 Å². The first-order valence-corrected chi connectivity index (χ1v) is 6.89. The maximum Gasteiger partial charge on any atom is 0.329 e. The molecule has 0 unspecified atom stereocenters. The Morgan fingerprint density at radius 2 is 2.05 bits per heavy atom. The zero-order valence-electron chi connectivity index (χ0n) is 11.1. The van der Waals surface area contributed by atoms with E-state index in [0.717, 1.165) is 17.7 Å². The highest BCUT2D eigenvalue weighted by atomic mass is 16.5. The van der Waals surface area contributed by atoms with E-state index in [9.17, 15) is 14.7 Å². The predicted molar refractivity (Wildman–Crippen MR) is 71.7 cm³/mol. The van der Waals surface area contributed by atoms with Gasteiger partial charge in [0.1, 0.15) is 11.3 Å². The minimum atomic E-state index is -1.05. The van der Waals surface area contributed by atoms with Gasteiger partial charge in [0.2, 0.25) is 5.91 Å². The SMILES string of the molecule is O=C(NC1(C(=O)O)CCC1)[C@@H]1CCOc2ccccc21. The van der Waals surface area contributed by atoms with Gasteiger partial charge in [-0.25, -0.2) is 4.79 Å². The first kappa shape index (κ1) is 13.0. The molecular weight excluding hydrogens is 258 g/mol. The highest BCUT2D eigenvalue weighted by Gasteiger charge is 2.46. The summed E-state index contributed by atoms with van der Waals surface area (Å²) in [6.07, 6.45) is 2.45. The molecular formula is C15H17NO4. The fraction of sp³-hybridized carbons (Fsp3) is 0.467. The lowest BCUT2D eigenvalue weighted by Crippen LogP contribution is -2.60. The van der Waals surface area contributed by atoms with Crippen molar-refractivity contribution in [3.05, 3.63) is 29.8 Å². The van der Waals surface area contributed by atoms with Crippen LogP contribution in [-0.4, -0.2) is 29.1 Å². The first-order chi connectivity index (χ1) is 9.62. The summed E-state index contributed by atoms with van der Waals surface area (Å²) in [4.78, 5) is 23.8. The van der Waals surface area contributed by atoms with Gasteiger partial charge in [0, 0.05) is 5.56 Å². The van der Waals surface area contributed by atoms with Crippen LogP contribution >= 0.6 is 0 Å². The molecule has 1 amide bonds. The van der Waals surface area contributed by atoms with Crippen LogP contribution in [0.3, 0.4) is 0 Å². The van der Waals surface area contributed by atoms with Crippen molar-refractivity contribution in [1.82, 2.24) is 5.32 Å². The molecule has 2 aliphatic rings. The molecule has 1 heterocycles. The second kappa shape index (κ2) is 4.81. The van der Waals surface area contributed by atoms with Crippen LogP contribution in [0, 0.1) is 0 Å². The van der Waals surface area contributed by atoms with Crippen LogP contribution in [0.25, 0.3) is 0 Å². The Bertz CT molecular complexity index is 551. The first-order valence-electron chi connectivity index (χ1n) is 6.89. The van der Waals surface area contributed by atoms with Gasteiger partial charge in [-0.3, -0.25) is 4.79 Å². The van der Waals surface area contributed by atoms with E-state index in [1.54, 1.807) is 0 Å². The van der Waals surface area contributed by atoms with Crippen LogP contribution in [0.2, 0.25) is 0 Å². The Kier molecular flexibility index (Phi) is 3.12. The summed E-state index contributed by atoms with van der Waals surface area (Å²) in [5.41, 5.74) is -0.208. The molecule has 5 heteroatoms. The van der Waals surface area contributed by atoms with Crippen molar-refractivity contribution in [3.8, 4) is 5.75 Å². The zero-order chi connectivity index (χ0) is 14.2. The van der Waals surface area contributed by atoms with Crippen LogP contribution in [0.15, 0.2) is 24.3 Å². The number of hydrogen-bond acceptors (Lipinski definition) is 3. The quantitative estimate of drug-likeness (QED) is 0.880. The molecule has 0 saturated heterocycles. The Balaban J connectivity index is 1.80. The lowest BCUT2D eigenvalue weighted by Gasteiger charge is -2.39. The molecule has 1 saturated carbocycles. The number of para-hydroxylation sites is 1. The molecule has 1 aliphatic heterocycles. The van der Waals surface area contributed by atoms with Gasteiger partial charge in [-0.05, 0) is 31.7 Å². The monoisotopic (exact) mass is 275 g/mol. The highest BCUT2D eigenvalue weighted by molar-refractivity contribution is 5.91. The molecule has 106 valence electrons. The number of hydrogen-bond donors (Lipinski definition) is 2. The average Bonchev–Trinajstić information content (AvgIpc) is 2.41. The topological polar surface area (TPSA) is 75.6 Å². The Hall–Kier alpha value is -2.04. The molecule has 0 spiro atoms. The van der Waals surface area contributed by atoms with Gasteiger partial charge < -0.3 is 15.2 Å². The van der Waals surface area contributed by atoms with Crippen molar-refractivity contribution in [2.75, 3.05) is 6.61 Å². The zero-order valence-corrected chi connectivity index (χ0v) is 11.1. The number of carbonyl (C=O) groups is 2. The van der Waals surface area contributed by atoms with Crippen molar-refractivity contribution in [2.24, 2.45) is 0 Å². The molecule has 0 radical (unpaired) electrons. The number of amides is 1. The molecule has 1 atom stereocenters. The number of aliphatic carboxylic acids is 1. The fourth-order valence-electron chi connectivity index (χ4n) is 2.86. The van der Waals surface area contributed by atoms with E-state index in [1.807, 2.05) is 24.3 Å². The van der Waals surface area contributed by atoms with Gasteiger partial charge in [0.05, 0.1) is 12.5 Å². The summed E-state index contributed by atoms with van der Waals surface area (Å²) in [6.45, 7) is 0.481. The molecule has 5 nitrogen and oxygen atoms in total. The minimum Gasteiger partial charge on any atom is -0.493 e. The predicted octanol–water partition coefficient (Wildman–Crippen LogP) is 1.68. The minimum absolute atomic E-state index is 0.206. The summed E-state index contributed by atoms with van der Waals surface area (Å²) in [6, 6.07) is 7.44. The van der Waals surface area contributed by atoms with Gasteiger partial charge in [-0.2, -0.15) is 0 Å². The number of carboxylic acid groups (broad SMARTS) is 1. The van der Waals surface area contributed by atoms with Crippen LogP contribution in [0.5, 0.6) is 5.75 Å². The average molecular weight is 275 g/mol. The van der Waals surface area contributed by atoms with Crippen LogP contribution < -0.4 is 10.1 Å². The van der Waals surface area contributed by atoms with Gasteiger partial charge in [0.15, 0.2) is 0 Å². The number of fused-ring (bicyclic) bond motifs is 1. The number of rotatable bonds is 3. The van der Waals surface area contributed by atoms with Crippen LogP contribution in [0.1, 0.15) is 37.2 Å². The molecule has 0 bridgehead atoms. The van der Waals surface area contributed by atoms with Crippen molar-refractivity contribution in [1.29, 1.82) is 0 Å². The summed E-state index contributed by atoms with van der Waals surface area (Å²) in [5.74, 6) is -0.742. The molecule has 3 rings (SSSR count). The molecule has 1 aromatic rings. The van der Waals surface area contributed by atoms with E-state index in [2.05, 4.69) is 5.32 Å². The number of carboxylic acids is 1. The molecule has 0 aromatic heterocycles. The standard InChI is InChI=1S/C15H17NO4/c17-13(16-15(14(18)19)7-3-8-15)11-6-9-20-12-5-2-1-4-10(11)12/h1-2,4-5,11H,3,6-9H2,(H,16,17)(H,18,19)/t11-/m1/s1. The summed E-state index contributed by atoms with van der Waals surface area (Å²) in [5, 5.41) is 12.0. The lowest BCUT2D eigenvalue weighted by molar-refractivity contribution is -0.152. The Morgan fingerprint density at radius 1 is 1.30 bits per heavy atom. The maximum atomic E-state index is 12.4. The number of benzene rings is 1. The Labute approximate surface area is 116 Å². The van der Waals surface area contributed by atoms with Crippen LogP contribution in [-0.2, 0) is 9.59 Å². The fourth-order valence-corrected chi connectivity index (χ4v) is 2.86. The highest BCUT2D eigenvalue weighted by Crippen LogP contribution is 2.36. The molecule has 1 aromatic carbocycles. The van der Waals surface area contributed by atoms with E-state index in [0.29, 0.717) is 25.9 Å². The van der Waals surface area contributed by atoms with E-state index in [1.165, 1.54) is 0 Å². The number of ether oxygens (including phenoxy) is 1. The molecule has 20 heavy (non-hydrogen) atoms. The third kappa shape index (κ3) is 2.03. The van der Waals surface area contributed by atoms with Crippen molar-refractivity contribution in [2.45, 2.75) is 37.1 Å². The van der Waals surface area contributed by atoms with Gasteiger partial charge >= 0.3 is 5.97 Å². The summed E-state index contributed by atoms with van der Waals surface area (Å²) >= 11 is 0. The molecule has 1 fully saturated rings. The lowest BCUT2D eigenvalue weighted by atomic mass is 9.76. The van der Waals surface area contributed by atoms with E-state index in [-0.39, 0.29) is 11.8 Å².